The molecule has 0 radical (unpaired) electrons. The molecule has 1 fully saturated rings. The van der Waals surface area contributed by atoms with Gasteiger partial charge in [-0.15, -0.1) is 0 Å². The Hall–Kier alpha value is -1.07. The van der Waals surface area contributed by atoms with Crippen LogP contribution in [0.25, 0.3) is 0 Å². The summed E-state index contributed by atoms with van der Waals surface area (Å²) < 4.78 is 37.9. The Bertz CT molecular complexity index is 427. The standard InChI is InChI=1S/C14H19F3N2/c1-2-19(12-6-7-12)9-13(18)10-4-3-5-11(8-10)14(15,16)17/h3-5,8,12-13H,2,6-7,9,18H2,1H3. The average Bonchev–Trinajstić information content (AvgIpc) is 3.19. The summed E-state index contributed by atoms with van der Waals surface area (Å²) in [4.78, 5) is 2.24. The Balaban J connectivity index is 2.08. The van der Waals surface area contributed by atoms with Gasteiger partial charge in [-0.05, 0) is 37.1 Å². The van der Waals surface area contributed by atoms with Gasteiger partial charge >= 0.3 is 6.18 Å². The van der Waals surface area contributed by atoms with Crippen LogP contribution in [0.1, 0.15) is 36.9 Å². The van der Waals surface area contributed by atoms with Crippen LogP contribution in [-0.2, 0) is 6.18 Å². The van der Waals surface area contributed by atoms with Gasteiger partial charge in [0.1, 0.15) is 0 Å². The summed E-state index contributed by atoms with van der Waals surface area (Å²) in [6, 6.07) is 5.52. The summed E-state index contributed by atoms with van der Waals surface area (Å²) in [7, 11) is 0. The van der Waals surface area contributed by atoms with Gasteiger partial charge in [0.2, 0.25) is 0 Å². The molecule has 0 spiro atoms. The maximum absolute atomic E-state index is 12.6. The highest BCUT2D eigenvalue weighted by Gasteiger charge is 2.32. The van der Waals surface area contributed by atoms with Crippen LogP contribution < -0.4 is 5.73 Å². The molecule has 5 heteroatoms. The predicted octanol–water partition coefficient (Wildman–Crippen LogP) is 3.19. The molecule has 0 bridgehead atoms. The second kappa shape index (κ2) is 5.51. The molecule has 19 heavy (non-hydrogen) atoms. The van der Waals surface area contributed by atoms with E-state index in [9.17, 15) is 13.2 Å². The van der Waals surface area contributed by atoms with Gasteiger partial charge in [0.25, 0.3) is 0 Å². The van der Waals surface area contributed by atoms with Crippen molar-refractivity contribution in [3.05, 3.63) is 35.4 Å². The van der Waals surface area contributed by atoms with Gasteiger partial charge in [-0.25, -0.2) is 0 Å². The smallest absolute Gasteiger partial charge is 0.323 e. The first-order chi connectivity index (χ1) is 8.91. The van der Waals surface area contributed by atoms with E-state index in [0.29, 0.717) is 18.2 Å². The van der Waals surface area contributed by atoms with Crippen molar-refractivity contribution in [3.8, 4) is 0 Å². The number of benzene rings is 1. The largest absolute Gasteiger partial charge is 0.416 e. The van der Waals surface area contributed by atoms with Crippen molar-refractivity contribution in [2.45, 2.75) is 38.0 Å². The third-order valence-electron chi connectivity index (χ3n) is 3.54. The lowest BCUT2D eigenvalue weighted by molar-refractivity contribution is -0.137. The van der Waals surface area contributed by atoms with Crippen molar-refractivity contribution in [3.63, 3.8) is 0 Å². The molecule has 1 aromatic carbocycles. The fraction of sp³-hybridized carbons (Fsp3) is 0.571. The highest BCUT2D eigenvalue weighted by molar-refractivity contribution is 5.28. The van der Waals surface area contributed by atoms with Crippen molar-refractivity contribution >= 4 is 0 Å². The van der Waals surface area contributed by atoms with E-state index in [1.165, 1.54) is 18.9 Å². The highest BCUT2D eigenvalue weighted by atomic mass is 19.4. The third-order valence-corrected chi connectivity index (χ3v) is 3.54. The molecule has 1 saturated carbocycles. The molecule has 106 valence electrons. The summed E-state index contributed by atoms with van der Waals surface area (Å²) in [5.41, 5.74) is 5.96. The minimum absolute atomic E-state index is 0.372. The zero-order chi connectivity index (χ0) is 14.0. The third kappa shape index (κ3) is 3.70. The number of hydrogen-bond donors (Lipinski definition) is 1. The monoisotopic (exact) mass is 272 g/mol. The van der Waals surface area contributed by atoms with Crippen LogP contribution >= 0.6 is 0 Å². The molecule has 1 aliphatic rings. The lowest BCUT2D eigenvalue weighted by Crippen LogP contribution is -2.33. The summed E-state index contributed by atoms with van der Waals surface area (Å²) in [6.07, 6.45) is -1.97. The van der Waals surface area contributed by atoms with E-state index >= 15 is 0 Å². The number of hydrogen-bond acceptors (Lipinski definition) is 2. The first kappa shape index (κ1) is 14.3. The highest BCUT2D eigenvalue weighted by Crippen LogP contribution is 2.31. The second-order valence-corrected chi connectivity index (χ2v) is 5.05. The van der Waals surface area contributed by atoms with Crippen molar-refractivity contribution < 1.29 is 13.2 Å². The van der Waals surface area contributed by atoms with Crippen LogP contribution in [0.2, 0.25) is 0 Å². The summed E-state index contributed by atoms with van der Waals surface area (Å²) in [5, 5.41) is 0. The van der Waals surface area contributed by atoms with E-state index in [4.69, 9.17) is 5.73 Å². The Morgan fingerprint density at radius 1 is 1.37 bits per heavy atom. The van der Waals surface area contributed by atoms with Gasteiger partial charge in [0.05, 0.1) is 5.56 Å². The molecule has 1 aliphatic carbocycles. The summed E-state index contributed by atoms with van der Waals surface area (Å²) in [5.74, 6) is 0. The van der Waals surface area contributed by atoms with Gasteiger partial charge in [0, 0.05) is 18.6 Å². The fourth-order valence-electron chi connectivity index (χ4n) is 2.28. The molecule has 2 N–H and O–H groups in total. The van der Waals surface area contributed by atoms with E-state index in [1.807, 2.05) is 0 Å². The fourth-order valence-corrected chi connectivity index (χ4v) is 2.28. The van der Waals surface area contributed by atoms with Crippen molar-refractivity contribution in [1.82, 2.24) is 4.90 Å². The number of likely N-dealkylation sites (N-methyl/N-ethyl adjacent to an activating group) is 1. The molecule has 2 rings (SSSR count). The van der Waals surface area contributed by atoms with Gasteiger partial charge in [-0.1, -0.05) is 19.1 Å². The van der Waals surface area contributed by atoms with E-state index in [0.717, 1.165) is 18.7 Å². The predicted molar refractivity (Wildman–Crippen MR) is 68.6 cm³/mol. The van der Waals surface area contributed by atoms with Crippen LogP contribution in [0.15, 0.2) is 24.3 Å². The number of nitrogens with zero attached hydrogens (tertiary/aromatic N) is 1. The first-order valence-corrected chi connectivity index (χ1v) is 6.58. The quantitative estimate of drug-likeness (QED) is 0.892. The summed E-state index contributed by atoms with van der Waals surface area (Å²) in [6.45, 7) is 3.55. The van der Waals surface area contributed by atoms with E-state index in [-0.39, 0.29) is 6.04 Å². The Morgan fingerprint density at radius 2 is 2.05 bits per heavy atom. The molecular weight excluding hydrogens is 253 g/mol. The minimum Gasteiger partial charge on any atom is -0.323 e. The molecule has 1 atom stereocenters. The van der Waals surface area contributed by atoms with Crippen molar-refractivity contribution in [1.29, 1.82) is 0 Å². The molecule has 1 unspecified atom stereocenters. The van der Waals surface area contributed by atoms with E-state index in [2.05, 4.69) is 11.8 Å². The molecule has 0 heterocycles. The van der Waals surface area contributed by atoms with Gasteiger partial charge in [-0.3, -0.25) is 4.90 Å². The number of rotatable bonds is 5. The van der Waals surface area contributed by atoms with Gasteiger partial charge in [0.15, 0.2) is 0 Å². The normalized spacial score (nSPS) is 17.8. The van der Waals surface area contributed by atoms with Gasteiger partial charge in [-0.2, -0.15) is 13.2 Å². The maximum Gasteiger partial charge on any atom is 0.416 e. The van der Waals surface area contributed by atoms with Crippen molar-refractivity contribution in [2.24, 2.45) is 5.73 Å². The van der Waals surface area contributed by atoms with Gasteiger partial charge < -0.3 is 5.73 Å². The lowest BCUT2D eigenvalue weighted by Gasteiger charge is -2.24. The zero-order valence-corrected chi connectivity index (χ0v) is 11.0. The topological polar surface area (TPSA) is 29.3 Å². The average molecular weight is 272 g/mol. The second-order valence-electron chi connectivity index (χ2n) is 5.05. The van der Waals surface area contributed by atoms with Crippen molar-refractivity contribution in [2.75, 3.05) is 13.1 Å². The Labute approximate surface area is 111 Å². The molecule has 0 amide bonds. The summed E-state index contributed by atoms with van der Waals surface area (Å²) >= 11 is 0. The molecular formula is C14H19F3N2. The zero-order valence-electron chi connectivity index (χ0n) is 11.0. The van der Waals surface area contributed by atoms with E-state index < -0.39 is 11.7 Å². The SMILES string of the molecule is CCN(CC(N)c1cccc(C(F)(F)F)c1)C1CC1. The number of halogens is 3. The minimum atomic E-state index is -4.31. The Kier molecular flexibility index (Phi) is 4.16. The van der Waals surface area contributed by atoms with E-state index in [1.54, 1.807) is 6.07 Å². The molecule has 0 saturated heterocycles. The number of nitrogens with two attached hydrogens (primary N) is 1. The maximum atomic E-state index is 12.6. The van der Waals surface area contributed by atoms with Crippen LogP contribution in [0.4, 0.5) is 13.2 Å². The number of alkyl halides is 3. The van der Waals surface area contributed by atoms with Crippen LogP contribution in [0, 0.1) is 0 Å². The molecule has 0 aromatic heterocycles. The molecule has 2 nitrogen and oxygen atoms in total. The van der Waals surface area contributed by atoms with Crippen LogP contribution in [0.3, 0.4) is 0 Å². The molecule has 1 aromatic rings. The Morgan fingerprint density at radius 3 is 2.58 bits per heavy atom. The van der Waals surface area contributed by atoms with Crippen LogP contribution in [0.5, 0.6) is 0 Å². The first-order valence-electron chi connectivity index (χ1n) is 6.58. The molecule has 0 aliphatic heterocycles. The lowest BCUT2D eigenvalue weighted by atomic mass is 10.0. The van der Waals surface area contributed by atoms with Crippen LogP contribution in [-0.4, -0.2) is 24.0 Å².